The number of carbonyl (C=O) groups excluding carboxylic acids is 1. The van der Waals surface area contributed by atoms with Crippen molar-refractivity contribution in [3.05, 3.63) is 52.7 Å². The minimum atomic E-state index is -0.723. The molecule has 5 nitrogen and oxygen atoms in total. The van der Waals surface area contributed by atoms with E-state index in [0.717, 1.165) is 24.1 Å². The first-order valence-electron chi connectivity index (χ1n) is 8.09. The number of hydrogen-bond donors (Lipinski definition) is 3. The Morgan fingerprint density at radius 2 is 1.92 bits per heavy atom. The summed E-state index contributed by atoms with van der Waals surface area (Å²) in [6, 6.07) is 3.42. The van der Waals surface area contributed by atoms with Crippen LogP contribution < -0.4 is 17.2 Å². The number of benzene rings is 1. The zero-order valence-corrected chi connectivity index (χ0v) is 14.4. The van der Waals surface area contributed by atoms with Crippen LogP contribution in [-0.2, 0) is 4.79 Å². The van der Waals surface area contributed by atoms with E-state index in [2.05, 4.69) is 0 Å². The van der Waals surface area contributed by atoms with Gasteiger partial charge in [0, 0.05) is 11.4 Å². The number of rotatable bonds is 5. The smallest absolute Gasteiger partial charge is 0.231 e. The molecule has 0 spiro atoms. The van der Waals surface area contributed by atoms with E-state index in [1.54, 1.807) is 11.9 Å². The van der Waals surface area contributed by atoms with E-state index in [1.807, 2.05) is 6.92 Å². The average molecular weight is 350 g/mol. The van der Waals surface area contributed by atoms with Crippen molar-refractivity contribution in [3.8, 4) is 0 Å². The molecule has 0 saturated heterocycles. The van der Waals surface area contributed by atoms with Gasteiger partial charge in [-0.2, -0.15) is 0 Å². The summed E-state index contributed by atoms with van der Waals surface area (Å²) in [6.07, 6.45) is 2.93. The number of nitrogens with zero attached hydrogens (tertiary/aromatic N) is 1. The Hall–Kier alpha value is -2.41. The molecule has 0 aromatic heterocycles. The van der Waals surface area contributed by atoms with E-state index in [9.17, 15) is 13.6 Å². The molecule has 1 aliphatic rings. The van der Waals surface area contributed by atoms with Crippen LogP contribution in [0, 0.1) is 17.6 Å². The number of primary amides is 1. The van der Waals surface area contributed by atoms with Crippen molar-refractivity contribution in [1.82, 2.24) is 4.90 Å². The number of carbonyl (C=O) groups is 1. The number of nitrogens with two attached hydrogens (primary N) is 3. The van der Waals surface area contributed by atoms with Gasteiger partial charge in [0.05, 0.1) is 18.2 Å². The van der Waals surface area contributed by atoms with Crippen LogP contribution in [0.15, 0.2) is 35.5 Å². The Morgan fingerprint density at radius 1 is 1.32 bits per heavy atom. The molecule has 0 fully saturated rings. The molecule has 7 heteroatoms. The maximum atomic E-state index is 13.9. The number of hydrogen-bond acceptors (Lipinski definition) is 4. The lowest BCUT2D eigenvalue weighted by molar-refractivity contribution is -0.119. The first-order valence-corrected chi connectivity index (χ1v) is 8.09. The molecule has 1 aromatic carbocycles. The third-order valence-electron chi connectivity index (χ3n) is 4.44. The van der Waals surface area contributed by atoms with Gasteiger partial charge in [0.25, 0.3) is 0 Å². The minimum absolute atomic E-state index is 0.0149. The minimum Gasteiger partial charge on any atom is -0.401 e. The lowest BCUT2D eigenvalue weighted by Gasteiger charge is -2.35. The molecule has 2 rings (SSSR count). The van der Waals surface area contributed by atoms with Crippen LogP contribution >= 0.6 is 0 Å². The fourth-order valence-electron chi connectivity index (χ4n) is 3.25. The summed E-state index contributed by atoms with van der Waals surface area (Å²) in [5.41, 5.74) is 18.4. The van der Waals surface area contributed by atoms with Gasteiger partial charge in [-0.1, -0.05) is 13.0 Å². The standard InChI is InChI=1S/C18H24F2N4O/c1-10-6-11(18(23)15(7-10)24(2)9-16(22)25)8-14(21)17-12(19)4-3-5-13(17)20/h3-5,8,10,15H,6-7,9,21,23H2,1-2H3,(H2,22,25)/b14-8-. The normalized spacial score (nSPS) is 21.7. The van der Waals surface area contributed by atoms with E-state index >= 15 is 0 Å². The van der Waals surface area contributed by atoms with E-state index in [1.165, 1.54) is 12.1 Å². The van der Waals surface area contributed by atoms with Crippen LogP contribution in [0.2, 0.25) is 0 Å². The summed E-state index contributed by atoms with van der Waals surface area (Å²) in [7, 11) is 1.77. The Balaban J connectivity index is 2.39. The highest BCUT2D eigenvalue weighted by molar-refractivity contribution is 5.76. The van der Waals surface area contributed by atoms with Gasteiger partial charge >= 0.3 is 0 Å². The third kappa shape index (κ3) is 4.36. The third-order valence-corrected chi connectivity index (χ3v) is 4.44. The summed E-state index contributed by atoms with van der Waals surface area (Å²) in [5, 5.41) is 0. The SMILES string of the molecule is CC1CC(/C=C(\N)c2c(F)cccc2F)=C(N)C(N(C)CC(N)=O)C1. The zero-order chi connectivity index (χ0) is 18.7. The Bertz CT molecular complexity index is 710. The highest BCUT2D eigenvalue weighted by Crippen LogP contribution is 2.32. The fourth-order valence-corrected chi connectivity index (χ4v) is 3.25. The van der Waals surface area contributed by atoms with Crippen LogP contribution in [0.3, 0.4) is 0 Å². The molecule has 0 aliphatic heterocycles. The van der Waals surface area contributed by atoms with E-state index in [4.69, 9.17) is 17.2 Å². The van der Waals surface area contributed by atoms with Gasteiger partial charge in [-0.05, 0) is 49.6 Å². The highest BCUT2D eigenvalue weighted by atomic mass is 19.1. The quantitative estimate of drug-likeness (QED) is 0.753. The van der Waals surface area contributed by atoms with Crippen LogP contribution in [0.5, 0.6) is 0 Å². The highest BCUT2D eigenvalue weighted by Gasteiger charge is 2.28. The summed E-state index contributed by atoms with van der Waals surface area (Å²) >= 11 is 0. The summed E-state index contributed by atoms with van der Waals surface area (Å²) < 4.78 is 27.8. The molecule has 25 heavy (non-hydrogen) atoms. The summed E-state index contributed by atoms with van der Waals surface area (Å²) in [5.74, 6) is -1.62. The molecule has 1 aliphatic carbocycles. The average Bonchev–Trinajstić information content (AvgIpc) is 2.49. The first-order chi connectivity index (χ1) is 11.7. The molecular formula is C18H24F2N4O. The van der Waals surface area contributed by atoms with Crippen molar-refractivity contribution in [3.63, 3.8) is 0 Å². The molecule has 0 saturated carbocycles. The number of amides is 1. The van der Waals surface area contributed by atoms with Crippen LogP contribution in [0.4, 0.5) is 8.78 Å². The van der Waals surface area contributed by atoms with Gasteiger partial charge in [0.1, 0.15) is 11.6 Å². The molecule has 136 valence electrons. The molecule has 2 unspecified atom stereocenters. The van der Waals surface area contributed by atoms with Gasteiger partial charge < -0.3 is 17.2 Å². The van der Waals surface area contributed by atoms with Crippen molar-refractivity contribution in [1.29, 1.82) is 0 Å². The van der Waals surface area contributed by atoms with Crippen molar-refractivity contribution >= 4 is 11.6 Å². The molecule has 1 aromatic rings. The second-order valence-corrected chi connectivity index (χ2v) is 6.62. The monoisotopic (exact) mass is 350 g/mol. The maximum absolute atomic E-state index is 13.9. The van der Waals surface area contributed by atoms with Crippen molar-refractivity contribution in [2.45, 2.75) is 25.8 Å². The predicted molar refractivity (Wildman–Crippen MR) is 93.7 cm³/mol. The second kappa shape index (κ2) is 7.65. The molecule has 0 bridgehead atoms. The first kappa shape index (κ1) is 18.9. The molecule has 6 N–H and O–H groups in total. The van der Waals surface area contributed by atoms with Gasteiger partial charge in [-0.25, -0.2) is 8.78 Å². The van der Waals surface area contributed by atoms with Crippen molar-refractivity contribution < 1.29 is 13.6 Å². The molecule has 1 amide bonds. The zero-order valence-electron chi connectivity index (χ0n) is 14.4. The Labute approximate surface area is 146 Å². The van der Waals surface area contributed by atoms with Gasteiger partial charge in [0.2, 0.25) is 5.91 Å². The molecule has 2 atom stereocenters. The largest absolute Gasteiger partial charge is 0.401 e. The van der Waals surface area contributed by atoms with Crippen LogP contribution in [0.25, 0.3) is 5.70 Å². The molecular weight excluding hydrogens is 326 g/mol. The lowest BCUT2D eigenvalue weighted by atomic mass is 9.83. The topological polar surface area (TPSA) is 98.4 Å². The molecule has 0 radical (unpaired) electrons. The van der Waals surface area contributed by atoms with Gasteiger partial charge in [0.15, 0.2) is 0 Å². The summed E-state index contributed by atoms with van der Waals surface area (Å²) in [6.45, 7) is 2.12. The predicted octanol–water partition coefficient (Wildman–Crippen LogP) is 1.69. The second-order valence-electron chi connectivity index (χ2n) is 6.62. The fraction of sp³-hybridized carbons (Fsp3) is 0.389. The van der Waals surface area contributed by atoms with Gasteiger partial charge in [-0.3, -0.25) is 9.69 Å². The maximum Gasteiger partial charge on any atom is 0.231 e. The number of allylic oxidation sites excluding steroid dienone is 2. The Kier molecular flexibility index (Phi) is 5.79. The van der Waals surface area contributed by atoms with E-state index in [-0.39, 0.29) is 29.8 Å². The van der Waals surface area contributed by atoms with Crippen molar-refractivity contribution in [2.24, 2.45) is 23.1 Å². The van der Waals surface area contributed by atoms with E-state index in [0.29, 0.717) is 12.1 Å². The number of likely N-dealkylation sites (N-methyl/N-ethyl adjacent to an activating group) is 1. The lowest BCUT2D eigenvalue weighted by Crippen LogP contribution is -2.44. The Morgan fingerprint density at radius 3 is 2.48 bits per heavy atom. The van der Waals surface area contributed by atoms with Crippen LogP contribution in [0.1, 0.15) is 25.3 Å². The van der Waals surface area contributed by atoms with Crippen LogP contribution in [-0.4, -0.2) is 30.4 Å². The van der Waals surface area contributed by atoms with E-state index < -0.39 is 17.5 Å². The van der Waals surface area contributed by atoms with Crippen molar-refractivity contribution in [2.75, 3.05) is 13.6 Å². The number of halogens is 2. The summed E-state index contributed by atoms with van der Waals surface area (Å²) in [4.78, 5) is 12.9. The molecule has 0 heterocycles. The van der Waals surface area contributed by atoms with Gasteiger partial charge in [-0.15, -0.1) is 0 Å².